The molecule has 8 heteroatoms. The van der Waals surface area contributed by atoms with E-state index in [4.69, 9.17) is 9.47 Å². The molecule has 2 aromatic rings. The van der Waals surface area contributed by atoms with Crippen LogP contribution in [0.4, 0.5) is 10.2 Å². The average Bonchev–Trinajstić information content (AvgIpc) is 3.14. The summed E-state index contributed by atoms with van der Waals surface area (Å²) in [6, 6.07) is 8.93. The molecule has 0 bridgehead atoms. The molecule has 1 aliphatic heterocycles. The first-order valence-corrected chi connectivity index (χ1v) is 10.6. The van der Waals surface area contributed by atoms with Crippen molar-refractivity contribution in [1.29, 1.82) is 0 Å². The second-order valence-corrected chi connectivity index (χ2v) is 8.32. The summed E-state index contributed by atoms with van der Waals surface area (Å²) in [5.74, 6) is 1.77. The van der Waals surface area contributed by atoms with Crippen molar-refractivity contribution in [2.75, 3.05) is 58.9 Å². The molecule has 1 unspecified atom stereocenters. The van der Waals surface area contributed by atoms with Gasteiger partial charge >= 0.3 is 0 Å². The number of hydrogen-bond acceptors (Lipinski definition) is 7. The molecule has 1 atom stereocenters. The van der Waals surface area contributed by atoms with E-state index in [1.54, 1.807) is 13.2 Å². The molecule has 7 nitrogen and oxygen atoms in total. The van der Waals surface area contributed by atoms with Crippen molar-refractivity contribution >= 4 is 5.82 Å². The number of ether oxygens (including phenoxy) is 2. The Kier molecular flexibility index (Phi) is 8.06. The Labute approximate surface area is 183 Å². The molecule has 3 rings (SSSR count). The lowest BCUT2D eigenvalue weighted by molar-refractivity contribution is 0.0626. The molecule has 0 radical (unpaired) electrons. The third-order valence-electron chi connectivity index (χ3n) is 5.39. The summed E-state index contributed by atoms with van der Waals surface area (Å²) in [4.78, 5) is 8.21. The van der Waals surface area contributed by atoms with Crippen LogP contribution in [0.2, 0.25) is 0 Å². The first-order valence-electron chi connectivity index (χ1n) is 10.6. The van der Waals surface area contributed by atoms with Crippen LogP contribution in [0.15, 0.2) is 36.5 Å². The highest BCUT2D eigenvalue weighted by Crippen LogP contribution is 2.29. The van der Waals surface area contributed by atoms with Gasteiger partial charge in [-0.05, 0) is 56.8 Å². The zero-order valence-corrected chi connectivity index (χ0v) is 18.6. The standard InChI is InChI=1S/C23H33FN4O3/c1-27(2)10-4-12-31-20-7-5-18(13-21(20)30-3)14-25-16-23(29)9-11-28(17-23)22-8-6-19(24)15-26-22/h5-8,13,15,25,29H,4,9-12,14,16-17H2,1-3H3. The van der Waals surface area contributed by atoms with E-state index in [2.05, 4.69) is 15.2 Å². The number of aromatic nitrogens is 1. The summed E-state index contributed by atoms with van der Waals surface area (Å²) in [7, 11) is 5.72. The summed E-state index contributed by atoms with van der Waals surface area (Å²) in [6.45, 7) is 3.82. The Morgan fingerprint density at radius 1 is 1.26 bits per heavy atom. The first kappa shape index (κ1) is 23.2. The SMILES string of the molecule is COc1cc(CNCC2(O)CCN(c3ccc(F)cn3)C2)ccc1OCCCN(C)C. The van der Waals surface area contributed by atoms with Crippen molar-refractivity contribution in [2.45, 2.75) is 25.0 Å². The molecule has 0 amide bonds. The van der Waals surface area contributed by atoms with Crippen molar-refractivity contribution in [2.24, 2.45) is 0 Å². The molecule has 170 valence electrons. The summed E-state index contributed by atoms with van der Waals surface area (Å²) in [5.41, 5.74) is 0.200. The molecule has 1 aromatic heterocycles. The second kappa shape index (κ2) is 10.7. The lowest BCUT2D eigenvalue weighted by Crippen LogP contribution is -2.43. The maximum absolute atomic E-state index is 13.1. The highest BCUT2D eigenvalue weighted by atomic mass is 19.1. The number of anilines is 1. The largest absolute Gasteiger partial charge is 0.493 e. The van der Waals surface area contributed by atoms with Gasteiger partial charge in [0.1, 0.15) is 11.6 Å². The number of nitrogens with one attached hydrogen (secondary N) is 1. The van der Waals surface area contributed by atoms with E-state index in [0.717, 1.165) is 24.3 Å². The van der Waals surface area contributed by atoms with Crippen molar-refractivity contribution in [3.8, 4) is 11.5 Å². The van der Waals surface area contributed by atoms with Crippen molar-refractivity contribution in [3.05, 3.63) is 47.9 Å². The predicted molar refractivity (Wildman–Crippen MR) is 119 cm³/mol. The molecule has 31 heavy (non-hydrogen) atoms. The number of halogens is 1. The number of methoxy groups -OCH3 is 1. The van der Waals surface area contributed by atoms with E-state index in [1.165, 1.54) is 12.3 Å². The topological polar surface area (TPSA) is 70.1 Å². The predicted octanol–water partition coefficient (Wildman–Crippen LogP) is 2.29. The smallest absolute Gasteiger partial charge is 0.161 e. The maximum atomic E-state index is 13.1. The fourth-order valence-corrected chi connectivity index (χ4v) is 3.69. The Hall–Kier alpha value is -2.42. The monoisotopic (exact) mass is 432 g/mol. The first-order chi connectivity index (χ1) is 14.9. The van der Waals surface area contributed by atoms with E-state index in [-0.39, 0.29) is 5.82 Å². The van der Waals surface area contributed by atoms with Gasteiger partial charge in [0.2, 0.25) is 0 Å². The molecule has 1 saturated heterocycles. The molecular formula is C23H33FN4O3. The van der Waals surface area contributed by atoms with Gasteiger partial charge < -0.3 is 29.7 Å². The second-order valence-electron chi connectivity index (χ2n) is 8.32. The Morgan fingerprint density at radius 2 is 2.10 bits per heavy atom. The van der Waals surface area contributed by atoms with Gasteiger partial charge in [-0.25, -0.2) is 9.37 Å². The minimum absolute atomic E-state index is 0.361. The minimum Gasteiger partial charge on any atom is -0.493 e. The fraction of sp³-hybridized carbons (Fsp3) is 0.522. The van der Waals surface area contributed by atoms with Crippen LogP contribution in [0.25, 0.3) is 0 Å². The normalized spacial score (nSPS) is 18.6. The zero-order chi connectivity index (χ0) is 22.3. The van der Waals surface area contributed by atoms with Gasteiger partial charge in [0.05, 0.1) is 25.5 Å². The van der Waals surface area contributed by atoms with E-state index >= 15 is 0 Å². The molecule has 0 aliphatic carbocycles. The van der Waals surface area contributed by atoms with E-state index < -0.39 is 5.60 Å². The lowest BCUT2D eigenvalue weighted by Gasteiger charge is -2.24. The van der Waals surface area contributed by atoms with Gasteiger partial charge in [0, 0.05) is 32.7 Å². The summed E-state index contributed by atoms with van der Waals surface area (Å²) < 4.78 is 24.4. The van der Waals surface area contributed by atoms with Crippen molar-refractivity contribution in [3.63, 3.8) is 0 Å². The van der Waals surface area contributed by atoms with Crippen LogP contribution < -0.4 is 19.7 Å². The quantitative estimate of drug-likeness (QED) is 0.528. The number of nitrogens with zero attached hydrogens (tertiary/aromatic N) is 3. The maximum Gasteiger partial charge on any atom is 0.161 e. The number of β-amino-alcohol motifs (C(OH)–C–C–N with tert-alkyl or cyclic N) is 1. The Bertz CT molecular complexity index is 834. The number of hydrogen-bond donors (Lipinski definition) is 2. The van der Waals surface area contributed by atoms with Crippen LogP contribution in [-0.4, -0.2) is 74.6 Å². The van der Waals surface area contributed by atoms with Gasteiger partial charge in [-0.2, -0.15) is 0 Å². The van der Waals surface area contributed by atoms with Crippen molar-refractivity contribution in [1.82, 2.24) is 15.2 Å². The number of pyridine rings is 1. The van der Waals surface area contributed by atoms with E-state index in [9.17, 15) is 9.50 Å². The summed E-state index contributed by atoms with van der Waals surface area (Å²) in [5, 5.41) is 14.2. The summed E-state index contributed by atoms with van der Waals surface area (Å²) in [6.07, 6.45) is 2.78. The molecule has 1 aliphatic rings. The van der Waals surface area contributed by atoms with E-state index in [1.807, 2.05) is 37.2 Å². The van der Waals surface area contributed by atoms with Crippen LogP contribution in [0.5, 0.6) is 11.5 Å². The molecule has 0 saturated carbocycles. The van der Waals surface area contributed by atoms with Crippen molar-refractivity contribution < 1.29 is 19.0 Å². The molecule has 2 heterocycles. The van der Waals surface area contributed by atoms with Gasteiger partial charge in [0.15, 0.2) is 11.5 Å². The Balaban J connectivity index is 1.48. The zero-order valence-electron chi connectivity index (χ0n) is 18.6. The molecule has 1 aromatic carbocycles. The number of aliphatic hydroxyl groups is 1. The number of benzene rings is 1. The fourth-order valence-electron chi connectivity index (χ4n) is 3.69. The molecule has 0 spiro atoms. The molecule has 2 N–H and O–H groups in total. The van der Waals surface area contributed by atoms with Crippen LogP contribution >= 0.6 is 0 Å². The minimum atomic E-state index is -0.852. The van der Waals surface area contributed by atoms with Crippen LogP contribution in [0.1, 0.15) is 18.4 Å². The summed E-state index contributed by atoms with van der Waals surface area (Å²) >= 11 is 0. The number of rotatable bonds is 11. The van der Waals surface area contributed by atoms with Gasteiger partial charge in [-0.1, -0.05) is 6.07 Å². The van der Waals surface area contributed by atoms with Crippen LogP contribution in [0, 0.1) is 5.82 Å². The third-order valence-corrected chi connectivity index (χ3v) is 5.39. The lowest BCUT2D eigenvalue weighted by atomic mass is 10.0. The van der Waals surface area contributed by atoms with Gasteiger partial charge in [-0.15, -0.1) is 0 Å². The molecular weight excluding hydrogens is 399 g/mol. The third kappa shape index (κ3) is 6.78. The van der Waals surface area contributed by atoms with Gasteiger partial charge in [-0.3, -0.25) is 0 Å². The average molecular weight is 433 g/mol. The van der Waals surface area contributed by atoms with Crippen LogP contribution in [0.3, 0.4) is 0 Å². The van der Waals surface area contributed by atoms with Gasteiger partial charge in [0.25, 0.3) is 0 Å². The highest BCUT2D eigenvalue weighted by molar-refractivity contribution is 5.43. The van der Waals surface area contributed by atoms with Crippen LogP contribution in [-0.2, 0) is 6.54 Å². The van der Waals surface area contributed by atoms with E-state index in [0.29, 0.717) is 50.8 Å². The molecule has 1 fully saturated rings. The highest BCUT2D eigenvalue weighted by Gasteiger charge is 2.36. The Morgan fingerprint density at radius 3 is 2.81 bits per heavy atom.